The average molecular weight is 251 g/mol. The van der Waals surface area contributed by atoms with Gasteiger partial charge in [0, 0.05) is 12.2 Å². The van der Waals surface area contributed by atoms with Crippen molar-refractivity contribution in [3.05, 3.63) is 17.5 Å². The summed E-state index contributed by atoms with van der Waals surface area (Å²) in [6, 6.07) is 2.01. The van der Waals surface area contributed by atoms with Gasteiger partial charge in [-0.2, -0.15) is 5.10 Å². The Morgan fingerprint density at radius 3 is 2.89 bits per heavy atom. The topological polar surface area (TPSA) is 47.4 Å². The van der Waals surface area contributed by atoms with Gasteiger partial charge < -0.3 is 4.74 Å². The van der Waals surface area contributed by atoms with Crippen molar-refractivity contribution < 1.29 is 9.53 Å². The van der Waals surface area contributed by atoms with Gasteiger partial charge in [-0.05, 0) is 39.3 Å². The van der Waals surface area contributed by atoms with E-state index in [-0.39, 0.29) is 12.0 Å². The lowest BCUT2D eigenvalue weighted by Gasteiger charge is -2.22. The summed E-state index contributed by atoms with van der Waals surface area (Å²) in [6.45, 7) is 6.70. The molecule has 0 N–H and O–H groups in total. The highest BCUT2D eigenvalue weighted by Gasteiger charge is 2.31. The van der Waals surface area contributed by atoms with E-state index in [1.54, 1.807) is 0 Å². The fraction of sp³-hybridized carbons (Fsp3) is 0.692. The Kier molecular flexibility index (Phi) is 4.01. The zero-order chi connectivity index (χ0) is 13.1. The van der Waals surface area contributed by atoms with Crippen LogP contribution < -0.4 is 0 Å². The Morgan fingerprint density at radius 2 is 2.28 bits per heavy atom. The number of aromatic nitrogens is 2. The molecule has 0 spiro atoms. The van der Waals surface area contributed by atoms with Crippen molar-refractivity contribution in [2.45, 2.75) is 39.3 Å². The fourth-order valence-electron chi connectivity index (χ4n) is 2.62. The van der Waals surface area contributed by atoms with Gasteiger partial charge in [0.25, 0.3) is 0 Å². The summed E-state index contributed by atoms with van der Waals surface area (Å²) in [7, 11) is 1.46. The van der Waals surface area contributed by atoms with E-state index in [2.05, 4.69) is 23.0 Å². The van der Waals surface area contributed by atoms with Gasteiger partial charge in [0.1, 0.15) is 6.04 Å². The third-order valence-electron chi connectivity index (χ3n) is 3.54. The number of likely N-dealkylation sites (tertiary alicyclic amines) is 1. The number of nitrogens with zero attached hydrogens (tertiary/aromatic N) is 3. The molecule has 1 saturated heterocycles. The minimum Gasteiger partial charge on any atom is -0.468 e. The van der Waals surface area contributed by atoms with Crippen LogP contribution in [-0.2, 0) is 16.1 Å². The molecular weight excluding hydrogens is 230 g/mol. The van der Waals surface area contributed by atoms with E-state index in [1.165, 1.54) is 12.8 Å². The summed E-state index contributed by atoms with van der Waals surface area (Å²) >= 11 is 0. The van der Waals surface area contributed by atoms with Crippen LogP contribution in [0.4, 0.5) is 0 Å². The number of carbonyl (C=O) groups is 1. The lowest BCUT2D eigenvalue weighted by Crippen LogP contribution is -2.38. The van der Waals surface area contributed by atoms with Gasteiger partial charge in [-0.15, -0.1) is 0 Å². The van der Waals surface area contributed by atoms with Crippen molar-refractivity contribution in [2.24, 2.45) is 0 Å². The van der Waals surface area contributed by atoms with Gasteiger partial charge in [0.15, 0.2) is 0 Å². The molecule has 2 heterocycles. The third kappa shape index (κ3) is 2.72. The van der Waals surface area contributed by atoms with Crippen LogP contribution in [-0.4, -0.2) is 46.9 Å². The van der Waals surface area contributed by atoms with E-state index >= 15 is 0 Å². The van der Waals surface area contributed by atoms with E-state index in [0.717, 1.165) is 38.2 Å². The van der Waals surface area contributed by atoms with Gasteiger partial charge in [-0.25, -0.2) is 0 Å². The molecule has 0 bridgehead atoms. The standard InChI is InChI=1S/C13H21N3O2/c1-10-9-11(2)16(14-10)8-7-15-6-4-5-12(15)13(17)18-3/h9,12H,4-8H2,1-3H3/t12-/m1/s1. The largest absolute Gasteiger partial charge is 0.468 e. The van der Waals surface area contributed by atoms with Crippen LogP contribution in [0.15, 0.2) is 6.07 Å². The molecule has 1 aliphatic rings. The first-order chi connectivity index (χ1) is 8.61. The Labute approximate surface area is 108 Å². The van der Waals surface area contributed by atoms with Crippen molar-refractivity contribution in [1.82, 2.24) is 14.7 Å². The summed E-state index contributed by atoms with van der Waals surface area (Å²) in [5.41, 5.74) is 2.21. The molecule has 0 saturated carbocycles. The number of carbonyl (C=O) groups excluding carboxylic acids is 1. The van der Waals surface area contributed by atoms with E-state index in [1.807, 2.05) is 11.6 Å². The summed E-state index contributed by atoms with van der Waals surface area (Å²) in [4.78, 5) is 13.8. The smallest absolute Gasteiger partial charge is 0.323 e. The van der Waals surface area contributed by atoms with Crippen LogP contribution in [0, 0.1) is 13.8 Å². The SMILES string of the molecule is COC(=O)[C@H]1CCCN1CCn1nc(C)cc1C. The summed E-state index contributed by atoms with van der Waals surface area (Å²) in [5.74, 6) is -0.110. The number of rotatable bonds is 4. The molecule has 0 aromatic carbocycles. The van der Waals surface area contributed by atoms with Crippen molar-refractivity contribution in [1.29, 1.82) is 0 Å². The second kappa shape index (κ2) is 5.52. The molecule has 1 fully saturated rings. The molecule has 1 aromatic heterocycles. The van der Waals surface area contributed by atoms with E-state index in [0.29, 0.717) is 0 Å². The monoisotopic (exact) mass is 251 g/mol. The highest BCUT2D eigenvalue weighted by atomic mass is 16.5. The summed E-state index contributed by atoms with van der Waals surface area (Å²) in [6.07, 6.45) is 1.97. The predicted octanol–water partition coefficient (Wildman–Crippen LogP) is 1.14. The van der Waals surface area contributed by atoms with Crippen LogP contribution >= 0.6 is 0 Å². The minimum atomic E-state index is -0.110. The Bertz CT molecular complexity index is 428. The number of ether oxygens (including phenoxy) is 1. The first-order valence-corrected chi connectivity index (χ1v) is 6.44. The Morgan fingerprint density at radius 1 is 1.50 bits per heavy atom. The average Bonchev–Trinajstić information content (AvgIpc) is 2.92. The first kappa shape index (κ1) is 13.1. The van der Waals surface area contributed by atoms with E-state index in [9.17, 15) is 4.79 Å². The predicted molar refractivity (Wildman–Crippen MR) is 68.3 cm³/mol. The van der Waals surface area contributed by atoms with Crippen molar-refractivity contribution in [2.75, 3.05) is 20.2 Å². The first-order valence-electron chi connectivity index (χ1n) is 6.44. The van der Waals surface area contributed by atoms with Gasteiger partial charge in [0.2, 0.25) is 0 Å². The van der Waals surface area contributed by atoms with Crippen LogP contribution in [0.2, 0.25) is 0 Å². The molecule has 100 valence electrons. The van der Waals surface area contributed by atoms with Gasteiger partial charge in [-0.1, -0.05) is 0 Å². The zero-order valence-electron chi connectivity index (χ0n) is 11.3. The van der Waals surface area contributed by atoms with E-state index < -0.39 is 0 Å². The quantitative estimate of drug-likeness (QED) is 0.753. The van der Waals surface area contributed by atoms with Crippen LogP contribution in [0.5, 0.6) is 0 Å². The highest BCUT2D eigenvalue weighted by Crippen LogP contribution is 2.18. The van der Waals surface area contributed by atoms with Crippen LogP contribution in [0.3, 0.4) is 0 Å². The van der Waals surface area contributed by atoms with Gasteiger partial charge in [0.05, 0.1) is 19.3 Å². The Hall–Kier alpha value is -1.36. The number of hydrogen-bond acceptors (Lipinski definition) is 4. The number of aryl methyl sites for hydroxylation is 2. The lowest BCUT2D eigenvalue weighted by atomic mass is 10.2. The minimum absolute atomic E-state index is 0.0630. The Balaban J connectivity index is 1.93. The van der Waals surface area contributed by atoms with Crippen molar-refractivity contribution >= 4 is 5.97 Å². The molecule has 5 heteroatoms. The zero-order valence-corrected chi connectivity index (χ0v) is 11.3. The molecule has 1 aromatic rings. The van der Waals surface area contributed by atoms with Crippen molar-refractivity contribution in [3.63, 3.8) is 0 Å². The lowest BCUT2D eigenvalue weighted by molar-refractivity contribution is -0.145. The fourth-order valence-corrected chi connectivity index (χ4v) is 2.62. The molecule has 18 heavy (non-hydrogen) atoms. The molecule has 0 aliphatic carbocycles. The molecule has 0 amide bonds. The van der Waals surface area contributed by atoms with Gasteiger partial charge >= 0.3 is 5.97 Å². The molecular formula is C13H21N3O2. The maximum atomic E-state index is 11.6. The molecule has 1 aliphatic heterocycles. The maximum Gasteiger partial charge on any atom is 0.323 e. The van der Waals surface area contributed by atoms with Gasteiger partial charge in [-0.3, -0.25) is 14.4 Å². The molecule has 0 unspecified atom stereocenters. The van der Waals surface area contributed by atoms with Crippen molar-refractivity contribution in [3.8, 4) is 0 Å². The van der Waals surface area contributed by atoms with Crippen LogP contribution in [0.25, 0.3) is 0 Å². The second-order valence-corrected chi connectivity index (χ2v) is 4.87. The number of methoxy groups -OCH3 is 1. The number of hydrogen-bond donors (Lipinski definition) is 0. The molecule has 5 nitrogen and oxygen atoms in total. The van der Waals surface area contributed by atoms with Crippen LogP contribution in [0.1, 0.15) is 24.2 Å². The molecule has 2 rings (SSSR count). The molecule has 1 atom stereocenters. The van der Waals surface area contributed by atoms with E-state index in [4.69, 9.17) is 4.74 Å². The summed E-state index contributed by atoms with van der Waals surface area (Å²) in [5, 5.41) is 4.44. The second-order valence-electron chi connectivity index (χ2n) is 4.87. The summed E-state index contributed by atoms with van der Waals surface area (Å²) < 4.78 is 6.84. The normalized spacial score (nSPS) is 20.3. The third-order valence-corrected chi connectivity index (χ3v) is 3.54. The molecule has 0 radical (unpaired) electrons. The highest BCUT2D eigenvalue weighted by molar-refractivity contribution is 5.75. The maximum absolute atomic E-state index is 11.6. The number of esters is 1.